The van der Waals surface area contributed by atoms with Crippen LogP contribution in [0.4, 0.5) is 5.82 Å². The molecule has 1 rings (SSSR count). The molecule has 0 aliphatic carbocycles. The Kier molecular flexibility index (Phi) is 3.02. The van der Waals surface area contributed by atoms with Crippen LogP contribution in [0.2, 0.25) is 0 Å². The van der Waals surface area contributed by atoms with Gasteiger partial charge in [-0.25, -0.2) is 0 Å². The van der Waals surface area contributed by atoms with E-state index in [9.17, 15) is 10.1 Å². The van der Waals surface area contributed by atoms with Gasteiger partial charge in [-0.15, -0.1) is 0 Å². The molecule has 0 aromatic carbocycles. The SMILES string of the molecule is CC(N)(Cn1ccc([N+](=O)[O-])n1)[N+](C)(C)C. The monoisotopic (exact) mass is 228 g/mol. The van der Waals surface area contributed by atoms with Crippen LogP contribution in [0, 0.1) is 10.1 Å². The molecule has 1 heterocycles. The van der Waals surface area contributed by atoms with Crippen molar-refractivity contribution in [1.82, 2.24) is 9.78 Å². The molecule has 1 unspecified atom stereocenters. The summed E-state index contributed by atoms with van der Waals surface area (Å²) in [4.78, 5) is 9.95. The molecule has 0 radical (unpaired) electrons. The number of hydrogen-bond acceptors (Lipinski definition) is 4. The van der Waals surface area contributed by atoms with Crippen molar-refractivity contribution in [1.29, 1.82) is 0 Å². The maximum absolute atomic E-state index is 10.5. The first-order valence-corrected chi connectivity index (χ1v) is 4.92. The van der Waals surface area contributed by atoms with Gasteiger partial charge < -0.3 is 14.6 Å². The summed E-state index contributed by atoms with van der Waals surface area (Å²) in [7, 11) is 5.91. The van der Waals surface area contributed by atoms with Gasteiger partial charge in [-0.2, -0.15) is 4.68 Å². The number of nitrogens with two attached hydrogens (primary N) is 1. The first-order valence-electron chi connectivity index (χ1n) is 4.92. The summed E-state index contributed by atoms with van der Waals surface area (Å²) in [6.45, 7) is 2.31. The summed E-state index contributed by atoms with van der Waals surface area (Å²) in [5.74, 6) is -0.155. The van der Waals surface area contributed by atoms with E-state index in [4.69, 9.17) is 5.73 Å². The Labute approximate surface area is 94.2 Å². The van der Waals surface area contributed by atoms with Crippen LogP contribution in [0.25, 0.3) is 0 Å². The Morgan fingerprint density at radius 2 is 2.19 bits per heavy atom. The van der Waals surface area contributed by atoms with E-state index in [0.29, 0.717) is 11.0 Å². The lowest BCUT2D eigenvalue weighted by Gasteiger charge is -2.39. The Bertz CT molecular complexity index is 391. The third-order valence-corrected chi connectivity index (χ3v) is 2.83. The number of quaternary nitrogens is 1. The Balaban J connectivity index is 2.85. The van der Waals surface area contributed by atoms with E-state index in [2.05, 4.69) is 5.10 Å². The van der Waals surface area contributed by atoms with Crippen molar-refractivity contribution in [3.8, 4) is 0 Å². The van der Waals surface area contributed by atoms with E-state index in [1.807, 2.05) is 28.1 Å². The van der Waals surface area contributed by atoms with E-state index < -0.39 is 10.6 Å². The van der Waals surface area contributed by atoms with Crippen LogP contribution in [-0.4, -0.2) is 46.0 Å². The highest BCUT2D eigenvalue weighted by molar-refractivity contribution is 5.14. The molecule has 16 heavy (non-hydrogen) atoms. The van der Waals surface area contributed by atoms with E-state index in [0.717, 1.165) is 0 Å². The number of hydrogen-bond donors (Lipinski definition) is 1. The second kappa shape index (κ2) is 3.84. The topological polar surface area (TPSA) is 87.0 Å². The third-order valence-electron chi connectivity index (χ3n) is 2.83. The lowest BCUT2D eigenvalue weighted by molar-refractivity contribution is -0.922. The average Bonchev–Trinajstić information content (AvgIpc) is 2.49. The molecule has 0 fully saturated rings. The lowest BCUT2D eigenvalue weighted by atomic mass is 10.1. The first kappa shape index (κ1) is 12.6. The van der Waals surface area contributed by atoms with Gasteiger partial charge in [0.25, 0.3) is 0 Å². The molecular weight excluding hydrogens is 210 g/mol. The summed E-state index contributed by atoms with van der Waals surface area (Å²) in [5, 5.41) is 14.3. The molecule has 0 aliphatic rings. The highest BCUT2D eigenvalue weighted by Crippen LogP contribution is 2.15. The summed E-state index contributed by atoms with van der Waals surface area (Å²) in [5.41, 5.74) is 5.61. The zero-order valence-electron chi connectivity index (χ0n) is 10.0. The summed E-state index contributed by atoms with van der Waals surface area (Å²) in [6.07, 6.45) is 1.57. The summed E-state index contributed by atoms with van der Waals surface area (Å²) >= 11 is 0. The van der Waals surface area contributed by atoms with Crippen molar-refractivity contribution < 1.29 is 9.41 Å². The number of nitro groups is 1. The van der Waals surface area contributed by atoms with Gasteiger partial charge in [0.1, 0.15) is 6.54 Å². The Morgan fingerprint density at radius 1 is 1.62 bits per heavy atom. The van der Waals surface area contributed by atoms with Crippen molar-refractivity contribution in [3.05, 3.63) is 22.4 Å². The highest BCUT2D eigenvalue weighted by Gasteiger charge is 2.35. The smallest absolute Gasteiger partial charge is 0.358 e. The largest absolute Gasteiger partial charge is 0.389 e. The standard InChI is InChI=1S/C9H18N5O2/c1-9(10,14(2,3)4)7-12-6-5-8(11-12)13(15)16/h5-6H,7,10H2,1-4H3/q+1. The fourth-order valence-corrected chi connectivity index (χ4v) is 1.08. The van der Waals surface area contributed by atoms with Crippen LogP contribution >= 0.6 is 0 Å². The molecule has 0 bridgehead atoms. The van der Waals surface area contributed by atoms with Crippen LogP contribution in [0.15, 0.2) is 12.3 Å². The molecule has 2 N–H and O–H groups in total. The minimum atomic E-state index is -0.542. The second-order valence-corrected chi connectivity index (χ2v) is 5.00. The predicted molar refractivity (Wildman–Crippen MR) is 59.5 cm³/mol. The van der Waals surface area contributed by atoms with Gasteiger partial charge >= 0.3 is 5.82 Å². The Morgan fingerprint density at radius 3 is 2.56 bits per heavy atom. The second-order valence-electron chi connectivity index (χ2n) is 5.00. The Hall–Kier alpha value is -1.47. The lowest BCUT2D eigenvalue weighted by Crippen LogP contribution is -2.63. The molecule has 1 aromatic rings. The number of likely N-dealkylation sites (N-methyl/N-ethyl adjacent to an activating group) is 1. The van der Waals surface area contributed by atoms with E-state index in [1.54, 1.807) is 6.20 Å². The van der Waals surface area contributed by atoms with Crippen LogP contribution in [0.5, 0.6) is 0 Å². The minimum absolute atomic E-state index is 0.155. The number of nitrogens with zero attached hydrogens (tertiary/aromatic N) is 4. The molecule has 7 heteroatoms. The molecule has 0 aliphatic heterocycles. The van der Waals surface area contributed by atoms with Gasteiger partial charge in [-0.3, -0.25) is 5.73 Å². The van der Waals surface area contributed by atoms with E-state index >= 15 is 0 Å². The van der Waals surface area contributed by atoms with Crippen molar-refractivity contribution in [2.45, 2.75) is 19.1 Å². The van der Waals surface area contributed by atoms with Crippen molar-refractivity contribution in [3.63, 3.8) is 0 Å². The molecular formula is C9H18N5O2+. The highest BCUT2D eigenvalue weighted by atomic mass is 16.6. The summed E-state index contributed by atoms with van der Waals surface area (Å²) in [6, 6.07) is 1.37. The molecule has 0 spiro atoms. The molecule has 0 amide bonds. The third kappa shape index (κ3) is 2.56. The molecule has 7 nitrogen and oxygen atoms in total. The number of aromatic nitrogens is 2. The van der Waals surface area contributed by atoms with Gasteiger partial charge in [0, 0.05) is 6.92 Å². The van der Waals surface area contributed by atoms with Gasteiger partial charge in [0.2, 0.25) is 0 Å². The fraction of sp³-hybridized carbons (Fsp3) is 0.667. The van der Waals surface area contributed by atoms with Gasteiger partial charge in [-0.1, -0.05) is 0 Å². The van der Waals surface area contributed by atoms with Gasteiger partial charge in [0.15, 0.2) is 5.66 Å². The first-order chi connectivity index (χ1) is 7.13. The van der Waals surface area contributed by atoms with E-state index in [-0.39, 0.29) is 5.82 Å². The minimum Gasteiger partial charge on any atom is -0.358 e. The van der Waals surface area contributed by atoms with Crippen LogP contribution in [-0.2, 0) is 6.54 Å². The van der Waals surface area contributed by atoms with Gasteiger partial charge in [0.05, 0.1) is 38.5 Å². The van der Waals surface area contributed by atoms with Crippen LogP contribution in [0.3, 0.4) is 0 Å². The normalized spacial score (nSPS) is 15.8. The quantitative estimate of drug-likeness (QED) is 0.344. The van der Waals surface area contributed by atoms with Crippen LogP contribution in [0.1, 0.15) is 6.92 Å². The maximum Gasteiger partial charge on any atom is 0.389 e. The van der Waals surface area contributed by atoms with Crippen molar-refractivity contribution in [2.24, 2.45) is 5.73 Å². The van der Waals surface area contributed by atoms with Crippen molar-refractivity contribution >= 4 is 5.82 Å². The summed E-state index contributed by atoms with van der Waals surface area (Å²) < 4.78 is 2.04. The predicted octanol–water partition coefficient (Wildman–Crippen LogP) is 0.172. The zero-order valence-corrected chi connectivity index (χ0v) is 10.0. The van der Waals surface area contributed by atoms with E-state index in [1.165, 1.54) is 10.7 Å². The molecule has 90 valence electrons. The molecule has 1 atom stereocenters. The molecule has 0 saturated carbocycles. The fourth-order valence-electron chi connectivity index (χ4n) is 1.08. The van der Waals surface area contributed by atoms with Gasteiger partial charge in [-0.05, 0) is 4.92 Å². The zero-order chi connectivity index (χ0) is 12.6. The molecule has 1 aromatic heterocycles. The maximum atomic E-state index is 10.5. The molecule has 0 saturated heterocycles. The van der Waals surface area contributed by atoms with Crippen LogP contribution < -0.4 is 5.73 Å². The van der Waals surface area contributed by atoms with Crippen molar-refractivity contribution in [2.75, 3.05) is 21.1 Å². The number of rotatable bonds is 4. The average molecular weight is 228 g/mol.